The Kier molecular flexibility index (Phi) is 8.26. The molecule has 1 amide bonds. The quantitative estimate of drug-likeness (QED) is 0.120. The lowest BCUT2D eigenvalue weighted by Crippen LogP contribution is -2.24. The van der Waals surface area contributed by atoms with Crippen molar-refractivity contribution >= 4 is 63.1 Å². The third-order valence-electron chi connectivity index (χ3n) is 5.93. The fourth-order valence-corrected chi connectivity index (χ4v) is 6.56. The normalized spacial score (nSPS) is 13.3. The summed E-state index contributed by atoms with van der Waals surface area (Å²) >= 11 is 8.96. The van der Waals surface area contributed by atoms with Crippen molar-refractivity contribution in [3.8, 4) is 11.4 Å². The van der Waals surface area contributed by atoms with Crippen LogP contribution in [0.3, 0.4) is 0 Å². The van der Waals surface area contributed by atoms with Crippen LogP contribution in [0.2, 0.25) is 0 Å². The molecule has 0 aliphatic heterocycles. The number of nitrogens with zero attached hydrogens (tertiary/aromatic N) is 3. The predicted octanol–water partition coefficient (Wildman–Crippen LogP) is 5.81. The van der Waals surface area contributed by atoms with E-state index in [1.165, 1.54) is 22.9 Å². The molecule has 1 N–H and O–H groups in total. The number of ether oxygens (including phenoxy) is 1. The number of halogens is 1. The van der Waals surface area contributed by atoms with Gasteiger partial charge in [-0.05, 0) is 67.7 Å². The highest BCUT2D eigenvalue weighted by atomic mass is 35.5. The first kappa shape index (κ1) is 26.2. The van der Waals surface area contributed by atoms with Crippen molar-refractivity contribution in [3.05, 3.63) is 86.0 Å². The third kappa shape index (κ3) is 5.85. The maximum Gasteiger partial charge on any atom is 0.267 e. The zero-order valence-corrected chi connectivity index (χ0v) is 23.0. The van der Waals surface area contributed by atoms with Crippen molar-refractivity contribution in [2.24, 2.45) is 5.10 Å². The summed E-state index contributed by atoms with van der Waals surface area (Å²) in [5, 5.41) is 5.47. The van der Waals surface area contributed by atoms with E-state index < -0.39 is 0 Å². The number of hydrogen-bond donors (Lipinski definition) is 1. The van der Waals surface area contributed by atoms with Crippen LogP contribution < -0.4 is 15.7 Å². The van der Waals surface area contributed by atoms with Crippen molar-refractivity contribution < 1.29 is 9.53 Å². The van der Waals surface area contributed by atoms with Gasteiger partial charge in [0.25, 0.3) is 11.5 Å². The van der Waals surface area contributed by atoms with E-state index in [1.54, 1.807) is 22.0 Å². The van der Waals surface area contributed by atoms with E-state index in [9.17, 15) is 9.59 Å². The van der Waals surface area contributed by atoms with E-state index in [4.69, 9.17) is 21.3 Å². The Morgan fingerprint density at radius 1 is 1.21 bits per heavy atom. The lowest BCUT2D eigenvalue weighted by molar-refractivity contribution is -0.118. The van der Waals surface area contributed by atoms with Crippen molar-refractivity contribution in [2.45, 2.75) is 31.3 Å². The van der Waals surface area contributed by atoms with Gasteiger partial charge >= 0.3 is 0 Å². The molecule has 0 fully saturated rings. The molecule has 0 radical (unpaired) electrons. The van der Waals surface area contributed by atoms with Gasteiger partial charge in [0, 0.05) is 4.88 Å². The van der Waals surface area contributed by atoms with E-state index in [1.807, 2.05) is 61.5 Å². The number of hydrazone groups is 1. The molecule has 0 bridgehead atoms. The van der Waals surface area contributed by atoms with Gasteiger partial charge in [-0.3, -0.25) is 14.2 Å². The molecule has 38 heavy (non-hydrogen) atoms. The SMILES string of the molecule is CCOc1ccc(-n2c(SCC(=O)NN=CC(Cl)=Cc3ccccc3)nc3sc4c(c3c2=O)CCC4)cc1. The van der Waals surface area contributed by atoms with E-state index in [0.717, 1.165) is 41.0 Å². The first-order valence-electron chi connectivity index (χ1n) is 12.2. The molecule has 194 valence electrons. The molecule has 10 heteroatoms. The standard InChI is InChI=1S/C28H25ClN4O3S2/c1-2-36-21-13-11-20(12-14-21)33-27(35)25-22-9-6-10-23(22)38-26(25)31-28(33)37-17-24(34)32-30-16-19(29)15-18-7-4-3-5-8-18/h3-5,7-8,11-16H,2,6,9-10,17H2,1H3,(H,32,34). The van der Waals surface area contributed by atoms with Crippen LogP contribution in [0.15, 0.2) is 74.7 Å². The summed E-state index contributed by atoms with van der Waals surface area (Å²) in [4.78, 5) is 33.1. The molecule has 0 saturated heterocycles. The Morgan fingerprint density at radius 3 is 2.76 bits per heavy atom. The van der Waals surface area contributed by atoms with Gasteiger partial charge in [0.05, 0.1) is 34.7 Å². The molecule has 0 saturated carbocycles. The number of allylic oxidation sites excluding steroid dienone is 1. The molecule has 1 aliphatic rings. The van der Waals surface area contributed by atoms with E-state index in [0.29, 0.717) is 27.9 Å². The van der Waals surface area contributed by atoms with Gasteiger partial charge in [-0.1, -0.05) is 53.7 Å². The smallest absolute Gasteiger partial charge is 0.267 e. The molecule has 7 nitrogen and oxygen atoms in total. The number of carbonyl (C=O) groups is 1. The average Bonchev–Trinajstić information content (AvgIpc) is 3.50. The van der Waals surface area contributed by atoms with Crippen LogP contribution in [0, 0.1) is 0 Å². The highest BCUT2D eigenvalue weighted by Crippen LogP contribution is 2.36. The maximum absolute atomic E-state index is 13.8. The minimum absolute atomic E-state index is 0.0252. The van der Waals surface area contributed by atoms with E-state index in [2.05, 4.69) is 10.5 Å². The monoisotopic (exact) mass is 564 g/mol. The van der Waals surface area contributed by atoms with Gasteiger partial charge in [0.1, 0.15) is 10.6 Å². The van der Waals surface area contributed by atoms with Gasteiger partial charge in [-0.2, -0.15) is 5.10 Å². The van der Waals surface area contributed by atoms with Crippen molar-refractivity contribution in [1.29, 1.82) is 0 Å². The Bertz CT molecular complexity index is 1580. The number of amides is 1. The number of thiophene rings is 1. The first-order chi connectivity index (χ1) is 18.5. The molecule has 0 atom stereocenters. The second-order valence-corrected chi connectivity index (χ2v) is 11.0. The molecule has 0 spiro atoms. The molecule has 0 unspecified atom stereocenters. The van der Waals surface area contributed by atoms with Crippen LogP contribution in [0.5, 0.6) is 5.75 Å². The summed E-state index contributed by atoms with van der Waals surface area (Å²) in [5.41, 5.74) is 5.09. The number of hydrogen-bond acceptors (Lipinski definition) is 7. The van der Waals surface area contributed by atoms with E-state index in [-0.39, 0.29) is 17.2 Å². The van der Waals surface area contributed by atoms with Crippen LogP contribution >= 0.6 is 34.7 Å². The van der Waals surface area contributed by atoms with Gasteiger partial charge < -0.3 is 4.74 Å². The maximum atomic E-state index is 13.8. The van der Waals surface area contributed by atoms with Gasteiger partial charge in [-0.15, -0.1) is 11.3 Å². The summed E-state index contributed by atoms with van der Waals surface area (Å²) in [7, 11) is 0. The number of carbonyl (C=O) groups excluding carboxylic acids is 1. The number of fused-ring (bicyclic) bond motifs is 3. The number of rotatable bonds is 9. The molecular weight excluding hydrogens is 540 g/mol. The summed E-state index contributed by atoms with van der Waals surface area (Å²) in [6.07, 6.45) is 6.05. The number of aromatic nitrogens is 2. The van der Waals surface area contributed by atoms with Gasteiger partial charge in [0.2, 0.25) is 0 Å². The first-order valence-corrected chi connectivity index (χ1v) is 14.4. The number of benzene rings is 2. The summed E-state index contributed by atoms with van der Waals surface area (Å²) in [6, 6.07) is 16.9. The largest absolute Gasteiger partial charge is 0.494 e. The summed E-state index contributed by atoms with van der Waals surface area (Å²) < 4.78 is 7.14. The minimum atomic E-state index is -0.336. The molecule has 4 aromatic rings. The topological polar surface area (TPSA) is 85.6 Å². The Balaban J connectivity index is 1.37. The van der Waals surface area contributed by atoms with Gasteiger partial charge in [-0.25, -0.2) is 10.4 Å². The highest BCUT2D eigenvalue weighted by Gasteiger charge is 2.24. The Labute approximate surface area is 233 Å². The number of thioether (sulfide) groups is 1. The Hall–Kier alpha value is -3.40. The van der Waals surface area contributed by atoms with E-state index >= 15 is 0 Å². The van der Waals surface area contributed by atoms with Crippen LogP contribution in [-0.2, 0) is 17.6 Å². The second kappa shape index (κ2) is 12.0. The lowest BCUT2D eigenvalue weighted by Gasteiger charge is -2.13. The highest BCUT2D eigenvalue weighted by molar-refractivity contribution is 7.99. The van der Waals surface area contributed by atoms with Crippen LogP contribution in [0.1, 0.15) is 29.3 Å². The van der Waals surface area contributed by atoms with Gasteiger partial charge in [0.15, 0.2) is 5.16 Å². The fourth-order valence-electron chi connectivity index (χ4n) is 4.28. The second-order valence-electron chi connectivity index (χ2n) is 8.52. The molecule has 2 aromatic heterocycles. The number of nitrogens with one attached hydrogen (secondary N) is 1. The third-order valence-corrected chi connectivity index (χ3v) is 8.26. The zero-order chi connectivity index (χ0) is 26.5. The van der Waals surface area contributed by atoms with Crippen LogP contribution in [-0.4, -0.2) is 34.0 Å². The summed E-state index contributed by atoms with van der Waals surface area (Å²) in [6.45, 7) is 2.48. The predicted molar refractivity (Wildman–Crippen MR) is 156 cm³/mol. The number of aryl methyl sites for hydroxylation is 2. The van der Waals surface area contributed by atoms with Crippen LogP contribution in [0.4, 0.5) is 0 Å². The fraction of sp³-hybridized carbons (Fsp3) is 0.214. The molecular formula is C28H25ClN4O3S2. The summed E-state index contributed by atoms with van der Waals surface area (Å²) in [5.74, 6) is 0.412. The average molecular weight is 565 g/mol. The Morgan fingerprint density at radius 2 is 2.00 bits per heavy atom. The molecule has 2 aromatic carbocycles. The lowest BCUT2D eigenvalue weighted by atomic mass is 10.2. The zero-order valence-electron chi connectivity index (χ0n) is 20.6. The molecule has 1 aliphatic carbocycles. The minimum Gasteiger partial charge on any atom is -0.494 e. The van der Waals surface area contributed by atoms with Crippen molar-refractivity contribution in [1.82, 2.24) is 15.0 Å². The van der Waals surface area contributed by atoms with Crippen molar-refractivity contribution in [2.75, 3.05) is 12.4 Å². The molecule has 5 rings (SSSR count). The molecule has 2 heterocycles. The van der Waals surface area contributed by atoms with Crippen LogP contribution in [0.25, 0.3) is 22.0 Å². The van der Waals surface area contributed by atoms with Crippen molar-refractivity contribution in [3.63, 3.8) is 0 Å².